The number of carbonyl (C=O) groups excluding carboxylic acids is 1. The van der Waals surface area contributed by atoms with E-state index >= 15 is 0 Å². The molecule has 1 fully saturated rings. The van der Waals surface area contributed by atoms with Crippen molar-refractivity contribution in [1.82, 2.24) is 0 Å². The summed E-state index contributed by atoms with van der Waals surface area (Å²) in [5, 5.41) is 10.4. The Morgan fingerprint density at radius 3 is 2.61 bits per heavy atom. The van der Waals surface area contributed by atoms with Crippen LogP contribution in [0.2, 0.25) is 0 Å². The lowest BCUT2D eigenvalue weighted by molar-refractivity contribution is -0.0433. The normalized spacial score (nSPS) is 16.7. The molecule has 0 unspecified atom stereocenters. The van der Waals surface area contributed by atoms with Crippen LogP contribution in [-0.2, 0) is 9.47 Å². The maximum atomic E-state index is 12.4. The van der Waals surface area contributed by atoms with E-state index in [0.717, 1.165) is 6.42 Å². The van der Waals surface area contributed by atoms with Crippen LogP contribution in [0.3, 0.4) is 0 Å². The number of ketones is 1. The zero-order valence-electron chi connectivity index (χ0n) is 13.3. The van der Waals surface area contributed by atoms with Crippen LogP contribution < -0.4 is 4.74 Å². The number of hydrogen-bond donors (Lipinski definition) is 1. The van der Waals surface area contributed by atoms with Crippen molar-refractivity contribution in [3.05, 3.63) is 42.5 Å². The highest BCUT2D eigenvalue weighted by Gasteiger charge is 2.38. The summed E-state index contributed by atoms with van der Waals surface area (Å²) in [6.07, 6.45) is 3.18. The van der Waals surface area contributed by atoms with Gasteiger partial charge in [0, 0.05) is 38.0 Å². The molecule has 0 aromatic heterocycles. The fraction of sp³-hybridized carbons (Fsp3) is 0.500. The average molecular weight is 320 g/mol. The number of aliphatic hydroxyl groups is 1. The van der Waals surface area contributed by atoms with Gasteiger partial charge >= 0.3 is 0 Å². The van der Waals surface area contributed by atoms with Gasteiger partial charge in [-0.05, 0) is 24.3 Å². The number of ether oxygens (including phenoxy) is 3. The van der Waals surface area contributed by atoms with Gasteiger partial charge in [-0.3, -0.25) is 4.79 Å². The Bertz CT molecular complexity index is 503. The smallest absolute Gasteiger partial charge is 0.194 e. The molecular weight excluding hydrogens is 296 g/mol. The van der Waals surface area contributed by atoms with Gasteiger partial charge < -0.3 is 19.3 Å². The first-order valence-electron chi connectivity index (χ1n) is 7.92. The van der Waals surface area contributed by atoms with Gasteiger partial charge in [0.1, 0.15) is 11.4 Å². The molecule has 1 aliphatic heterocycles. The molecule has 1 aromatic carbocycles. The van der Waals surface area contributed by atoms with Crippen LogP contribution in [0.1, 0.15) is 29.6 Å². The first-order chi connectivity index (χ1) is 11.2. The third-order valence-electron chi connectivity index (χ3n) is 3.80. The molecule has 0 spiro atoms. The van der Waals surface area contributed by atoms with Crippen molar-refractivity contribution in [3.8, 4) is 5.75 Å². The van der Waals surface area contributed by atoms with Crippen LogP contribution in [0.25, 0.3) is 0 Å². The molecule has 0 amide bonds. The van der Waals surface area contributed by atoms with Gasteiger partial charge in [-0.15, -0.1) is 6.58 Å². The molecule has 5 heteroatoms. The lowest BCUT2D eigenvalue weighted by Gasteiger charge is -2.30. The van der Waals surface area contributed by atoms with Gasteiger partial charge in [-0.2, -0.15) is 0 Å². The highest BCUT2D eigenvalue weighted by atomic mass is 16.5. The minimum atomic E-state index is -1.30. The highest BCUT2D eigenvalue weighted by Crippen LogP contribution is 2.26. The topological polar surface area (TPSA) is 65.0 Å². The predicted octanol–water partition coefficient (Wildman–Crippen LogP) is 2.38. The summed E-state index contributed by atoms with van der Waals surface area (Å²) in [4.78, 5) is 12.4. The molecule has 0 aliphatic carbocycles. The molecule has 0 radical (unpaired) electrons. The van der Waals surface area contributed by atoms with Crippen LogP contribution in [0.15, 0.2) is 36.9 Å². The summed E-state index contributed by atoms with van der Waals surface area (Å²) in [5.74, 6) is 0.453. The summed E-state index contributed by atoms with van der Waals surface area (Å²) in [5.41, 5.74) is -0.806. The quantitative estimate of drug-likeness (QED) is 0.430. The standard InChI is InChI=1S/C18H24O5/c1-2-10-21-11-3-12-23-16-6-4-15(5-7-16)17(19)18(20)8-13-22-14-9-18/h2,4-7,20H,1,3,8-14H2. The Morgan fingerprint density at radius 2 is 1.96 bits per heavy atom. The van der Waals surface area contributed by atoms with Crippen molar-refractivity contribution in [2.45, 2.75) is 24.9 Å². The van der Waals surface area contributed by atoms with E-state index in [-0.39, 0.29) is 5.78 Å². The van der Waals surface area contributed by atoms with Crippen LogP contribution in [0.5, 0.6) is 5.75 Å². The minimum absolute atomic E-state index is 0.245. The summed E-state index contributed by atoms with van der Waals surface area (Å²) < 4.78 is 16.1. The number of hydrogen-bond acceptors (Lipinski definition) is 5. The van der Waals surface area contributed by atoms with Gasteiger partial charge in [0.15, 0.2) is 5.78 Å². The van der Waals surface area contributed by atoms with Gasteiger partial charge in [-0.1, -0.05) is 6.08 Å². The molecule has 0 bridgehead atoms. The zero-order chi connectivity index (χ0) is 16.5. The van der Waals surface area contributed by atoms with E-state index in [0.29, 0.717) is 57.2 Å². The summed E-state index contributed by atoms with van der Waals surface area (Å²) in [6, 6.07) is 6.89. The van der Waals surface area contributed by atoms with Crippen LogP contribution in [0.4, 0.5) is 0 Å². The Kier molecular flexibility index (Phi) is 6.77. The molecule has 1 heterocycles. The maximum absolute atomic E-state index is 12.4. The van der Waals surface area contributed by atoms with E-state index in [1.54, 1.807) is 30.3 Å². The first kappa shape index (κ1) is 17.7. The molecule has 23 heavy (non-hydrogen) atoms. The maximum Gasteiger partial charge on any atom is 0.194 e. The molecule has 126 valence electrons. The second-order valence-electron chi connectivity index (χ2n) is 5.56. The summed E-state index contributed by atoms with van der Waals surface area (Å²) in [7, 11) is 0. The third kappa shape index (κ3) is 5.16. The largest absolute Gasteiger partial charge is 0.494 e. The van der Waals surface area contributed by atoms with Crippen LogP contribution in [0, 0.1) is 0 Å². The monoisotopic (exact) mass is 320 g/mol. The van der Waals surface area contributed by atoms with Crippen molar-refractivity contribution in [1.29, 1.82) is 0 Å². The van der Waals surface area contributed by atoms with Gasteiger partial charge in [-0.25, -0.2) is 0 Å². The fourth-order valence-corrected chi connectivity index (χ4v) is 2.43. The average Bonchev–Trinajstić information content (AvgIpc) is 2.58. The zero-order valence-corrected chi connectivity index (χ0v) is 13.3. The van der Waals surface area contributed by atoms with Crippen molar-refractivity contribution in [3.63, 3.8) is 0 Å². The molecule has 1 aliphatic rings. The Hall–Kier alpha value is -1.69. The number of rotatable bonds is 9. The Balaban J connectivity index is 1.82. The van der Waals surface area contributed by atoms with E-state index in [1.165, 1.54) is 0 Å². The summed E-state index contributed by atoms with van der Waals surface area (Å²) in [6.45, 7) is 6.12. The van der Waals surface area contributed by atoms with Crippen molar-refractivity contribution in [2.24, 2.45) is 0 Å². The molecule has 0 atom stereocenters. The molecule has 1 saturated heterocycles. The van der Waals surface area contributed by atoms with Gasteiger partial charge in [0.05, 0.1) is 19.8 Å². The van der Waals surface area contributed by atoms with Crippen molar-refractivity contribution >= 4 is 5.78 Å². The molecule has 1 aromatic rings. The van der Waals surface area contributed by atoms with Gasteiger partial charge in [0.2, 0.25) is 0 Å². The number of Topliss-reactive ketones (excluding diaryl/α,β-unsaturated/α-hetero) is 1. The molecule has 5 nitrogen and oxygen atoms in total. The molecule has 1 N–H and O–H groups in total. The second kappa shape index (κ2) is 8.82. The van der Waals surface area contributed by atoms with E-state index in [4.69, 9.17) is 14.2 Å². The molecule has 0 saturated carbocycles. The SMILES string of the molecule is C=CCOCCCOc1ccc(C(=O)C2(O)CCOCC2)cc1. The van der Waals surface area contributed by atoms with E-state index in [9.17, 15) is 9.90 Å². The Labute approximate surface area is 136 Å². The van der Waals surface area contributed by atoms with Crippen molar-refractivity contribution < 1.29 is 24.1 Å². The molecule has 2 rings (SSSR count). The van der Waals surface area contributed by atoms with E-state index < -0.39 is 5.60 Å². The summed E-state index contributed by atoms with van der Waals surface area (Å²) >= 11 is 0. The molecular formula is C18H24O5. The lowest BCUT2D eigenvalue weighted by atomic mass is 9.86. The third-order valence-corrected chi connectivity index (χ3v) is 3.80. The van der Waals surface area contributed by atoms with Gasteiger partial charge in [0.25, 0.3) is 0 Å². The fourth-order valence-electron chi connectivity index (χ4n) is 2.43. The van der Waals surface area contributed by atoms with Crippen molar-refractivity contribution in [2.75, 3.05) is 33.0 Å². The first-order valence-corrected chi connectivity index (χ1v) is 7.92. The number of carbonyl (C=O) groups is 1. The highest BCUT2D eigenvalue weighted by molar-refractivity contribution is 6.02. The minimum Gasteiger partial charge on any atom is -0.494 e. The Morgan fingerprint density at radius 1 is 1.26 bits per heavy atom. The lowest BCUT2D eigenvalue weighted by Crippen LogP contribution is -2.43. The second-order valence-corrected chi connectivity index (χ2v) is 5.56. The van der Waals surface area contributed by atoms with Crippen LogP contribution in [-0.4, -0.2) is 49.5 Å². The van der Waals surface area contributed by atoms with E-state index in [1.807, 2.05) is 0 Å². The predicted molar refractivity (Wildman–Crippen MR) is 86.9 cm³/mol. The van der Waals surface area contributed by atoms with E-state index in [2.05, 4.69) is 6.58 Å². The van der Waals surface area contributed by atoms with Crippen LogP contribution >= 0.6 is 0 Å². The number of benzene rings is 1.